The monoisotopic (exact) mass is 343 g/mol. The molecule has 0 N–H and O–H groups in total. The van der Waals surface area contributed by atoms with Crippen molar-refractivity contribution in [1.29, 1.82) is 0 Å². The number of rotatable bonds is 1. The minimum Gasteiger partial charge on any atom is -0.465 e. The lowest BCUT2D eigenvalue weighted by Crippen LogP contribution is -2.26. The molecule has 1 aliphatic heterocycles. The number of carbonyl (C=O) groups excluding carboxylic acids is 2. The molecular formula is C20H25NO4. The van der Waals surface area contributed by atoms with Gasteiger partial charge in [-0.15, -0.1) is 0 Å². The van der Waals surface area contributed by atoms with E-state index < -0.39 is 17.9 Å². The molecule has 0 radical (unpaired) electrons. The molecule has 1 aromatic carbocycles. The Hall–Kier alpha value is -2.30. The van der Waals surface area contributed by atoms with Crippen LogP contribution in [0, 0.1) is 0 Å². The quantitative estimate of drug-likeness (QED) is 0.585. The molecule has 0 aliphatic carbocycles. The number of carbonyl (C=O) groups is 2. The van der Waals surface area contributed by atoms with E-state index in [9.17, 15) is 9.59 Å². The second-order valence-corrected chi connectivity index (χ2v) is 6.60. The second-order valence-electron chi connectivity index (χ2n) is 6.60. The maximum Gasteiger partial charge on any atom is 0.324 e. The van der Waals surface area contributed by atoms with Gasteiger partial charge in [0.15, 0.2) is 5.92 Å². The summed E-state index contributed by atoms with van der Waals surface area (Å²) in [6.45, 7) is 0.709. The van der Waals surface area contributed by atoms with Gasteiger partial charge in [0.25, 0.3) is 0 Å². The van der Waals surface area contributed by atoms with E-state index in [2.05, 4.69) is 0 Å². The molecule has 1 aliphatic rings. The predicted molar refractivity (Wildman–Crippen MR) is 95.3 cm³/mol. The molecule has 0 spiro atoms. The van der Waals surface area contributed by atoms with Crippen molar-refractivity contribution >= 4 is 22.8 Å². The Morgan fingerprint density at radius 2 is 1.44 bits per heavy atom. The van der Waals surface area contributed by atoms with E-state index in [4.69, 9.17) is 9.47 Å². The molecule has 2 heterocycles. The lowest BCUT2D eigenvalue weighted by Gasteiger charge is -2.15. The topological polar surface area (TPSA) is 57.5 Å². The van der Waals surface area contributed by atoms with Crippen LogP contribution in [0.4, 0.5) is 0 Å². The average Bonchev–Trinajstić information content (AvgIpc) is 2.94. The predicted octanol–water partition coefficient (Wildman–Crippen LogP) is 3.70. The first-order valence-electron chi connectivity index (χ1n) is 9.05. The summed E-state index contributed by atoms with van der Waals surface area (Å²) in [5.74, 6) is -2.05. The number of benzene rings is 1. The fraction of sp³-hybridized carbons (Fsp3) is 0.500. The molecule has 5 heteroatoms. The van der Waals surface area contributed by atoms with Crippen molar-refractivity contribution in [2.75, 3.05) is 13.2 Å². The van der Waals surface area contributed by atoms with E-state index in [0.29, 0.717) is 18.8 Å². The summed E-state index contributed by atoms with van der Waals surface area (Å²) >= 11 is 0. The molecule has 1 fully saturated rings. The zero-order valence-electron chi connectivity index (χ0n) is 14.7. The summed E-state index contributed by atoms with van der Waals surface area (Å²) in [5.41, 5.74) is 1.63. The van der Waals surface area contributed by atoms with Gasteiger partial charge in [-0.05, 0) is 18.9 Å². The van der Waals surface area contributed by atoms with Crippen LogP contribution >= 0.6 is 0 Å². The minimum atomic E-state index is -1.02. The van der Waals surface area contributed by atoms with Crippen LogP contribution < -0.4 is 0 Å². The third-order valence-electron chi connectivity index (χ3n) is 4.74. The Morgan fingerprint density at radius 1 is 0.880 bits per heavy atom. The minimum absolute atomic E-state index is 0.355. The molecule has 0 saturated carbocycles. The molecule has 3 rings (SSSR count). The van der Waals surface area contributed by atoms with Gasteiger partial charge in [0.1, 0.15) is 0 Å². The normalized spacial score (nSPS) is 18.8. The van der Waals surface area contributed by atoms with Gasteiger partial charge in [-0.1, -0.05) is 43.9 Å². The van der Waals surface area contributed by atoms with Crippen LogP contribution in [0.3, 0.4) is 0 Å². The summed E-state index contributed by atoms with van der Waals surface area (Å²) < 4.78 is 12.7. The van der Waals surface area contributed by atoms with Crippen LogP contribution in [-0.2, 0) is 26.1 Å². The lowest BCUT2D eigenvalue weighted by atomic mass is 9.98. The zero-order valence-corrected chi connectivity index (χ0v) is 14.7. The van der Waals surface area contributed by atoms with E-state index in [1.165, 1.54) is 0 Å². The molecular weight excluding hydrogens is 318 g/mol. The number of nitrogens with zero attached hydrogens (tertiary/aromatic N) is 1. The van der Waals surface area contributed by atoms with Crippen molar-refractivity contribution in [2.45, 2.75) is 44.4 Å². The Balaban J connectivity index is 1.92. The van der Waals surface area contributed by atoms with E-state index in [-0.39, 0.29) is 0 Å². The first kappa shape index (κ1) is 17.5. The number of ether oxygens (including phenoxy) is 2. The van der Waals surface area contributed by atoms with Crippen LogP contribution in [0.2, 0.25) is 0 Å². The van der Waals surface area contributed by atoms with Gasteiger partial charge in [-0.3, -0.25) is 9.59 Å². The molecule has 0 atom stereocenters. The molecule has 5 nitrogen and oxygen atoms in total. The fourth-order valence-corrected chi connectivity index (χ4v) is 3.38. The maximum absolute atomic E-state index is 12.6. The second kappa shape index (κ2) is 8.19. The molecule has 2 aromatic rings. The zero-order chi connectivity index (χ0) is 17.6. The van der Waals surface area contributed by atoms with E-state index in [1.807, 2.05) is 42.1 Å². The number of esters is 2. The first-order chi connectivity index (χ1) is 12.2. The molecule has 134 valence electrons. The smallest absolute Gasteiger partial charge is 0.324 e. The Labute approximate surface area is 147 Å². The molecule has 0 amide bonds. The number of aromatic nitrogens is 1. The van der Waals surface area contributed by atoms with E-state index in [0.717, 1.165) is 49.4 Å². The maximum atomic E-state index is 12.6. The van der Waals surface area contributed by atoms with Gasteiger partial charge >= 0.3 is 11.9 Å². The van der Waals surface area contributed by atoms with Gasteiger partial charge < -0.3 is 14.0 Å². The molecule has 25 heavy (non-hydrogen) atoms. The van der Waals surface area contributed by atoms with Gasteiger partial charge in [0, 0.05) is 29.7 Å². The number of fused-ring (bicyclic) bond motifs is 1. The number of para-hydroxylation sites is 1. The van der Waals surface area contributed by atoms with E-state index >= 15 is 0 Å². The standard InChI is InChI=1S/C20H25NO4/c1-21-14-16(15-10-6-7-11-17(15)21)18-19(22)24-12-8-4-2-3-5-9-13-25-20(18)23/h6-7,10-11,14,18H,2-5,8-9,12-13H2,1H3. The molecule has 0 bridgehead atoms. The third kappa shape index (κ3) is 4.03. The summed E-state index contributed by atoms with van der Waals surface area (Å²) in [6, 6.07) is 7.73. The first-order valence-corrected chi connectivity index (χ1v) is 9.05. The van der Waals surface area contributed by atoms with Gasteiger partial charge in [-0.25, -0.2) is 0 Å². The van der Waals surface area contributed by atoms with Crippen LogP contribution in [-0.4, -0.2) is 29.7 Å². The number of hydrogen-bond donors (Lipinski definition) is 0. The highest BCUT2D eigenvalue weighted by atomic mass is 16.6. The Kier molecular flexibility index (Phi) is 5.74. The average molecular weight is 343 g/mol. The lowest BCUT2D eigenvalue weighted by molar-refractivity contribution is -0.157. The van der Waals surface area contributed by atoms with Crippen LogP contribution in [0.15, 0.2) is 30.5 Å². The van der Waals surface area contributed by atoms with Crippen molar-refractivity contribution in [3.63, 3.8) is 0 Å². The summed E-state index contributed by atoms with van der Waals surface area (Å²) in [5, 5.41) is 0.883. The third-order valence-corrected chi connectivity index (χ3v) is 4.74. The van der Waals surface area contributed by atoms with Crippen molar-refractivity contribution in [3.05, 3.63) is 36.0 Å². The van der Waals surface area contributed by atoms with Crippen molar-refractivity contribution < 1.29 is 19.1 Å². The Morgan fingerprint density at radius 3 is 2.08 bits per heavy atom. The molecule has 0 unspecified atom stereocenters. The largest absolute Gasteiger partial charge is 0.465 e. The summed E-state index contributed by atoms with van der Waals surface area (Å²) in [4.78, 5) is 25.3. The van der Waals surface area contributed by atoms with Gasteiger partial charge in [-0.2, -0.15) is 0 Å². The highest BCUT2D eigenvalue weighted by Crippen LogP contribution is 2.29. The van der Waals surface area contributed by atoms with Crippen molar-refractivity contribution in [2.24, 2.45) is 7.05 Å². The van der Waals surface area contributed by atoms with Gasteiger partial charge in [0.05, 0.1) is 13.2 Å². The molecule has 1 aromatic heterocycles. The fourth-order valence-electron chi connectivity index (χ4n) is 3.38. The van der Waals surface area contributed by atoms with Crippen LogP contribution in [0.1, 0.15) is 50.0 Å². The SMILES string of the molecule is Cn1cc(C2C(=O)OCCCCCCCCOC2=O)c2ccccc21. The van der Waals surface area contributed by atoms with E-state index in [1.54, 1.807) is 0 Å². The van der Waals surface area contributed by atoms with Gasteiger partial charge in [0.2, 0.25) is 0 Å². The summed E-state index contributed by atoms with van der Waals surface area (Å²) in [7, 11) is 1.90. The molecule has 1 saturated heterocycles. The Bertz CT molecular complexity index is 725. The number of cyclic esters (lactones) is 2. The van der Waals surface area contributed by atoms with Crippen LogP contribution in [0.5, 0.6) is 0 Å². The highest BCUT2D eigenvalue weighted by Gasteiger charge is 2.34. The summed E-state index contributed by atoms with van der Waals surface area (Å²) in [6.07, 6.45) is 7.83. The van der Waals surface area contributed by atoms with Crippen molar-refractivity contribution in [3.8, 4) is 0 Å². The van der Waals surface area contributed by atoms with Crippen molar-refractivity contribution in [1.82, 2.24) is 4.57 Å². The van der Waals surface area contributed by atoms with Crippen LogP contribution in [0.25, 0.3) is 10.9 Å². The number of aryl methyl sites for hydroxylation is 1. The highest BCUT2D eigenvalue weighted by molar-refractivity contribution is 6.04. The number of hydrogen-bond acceptors (Lipinski definition) is 4.